The van der Waals surface area contributed by atoms with Crippen LogP contribution in [0.4, 0.5) is 0 Å². The predicted molar refractivity (Wildman–Crippen MR) is 56.3 cm³/mol. The molecule has 0 spiro atoms. The van der Waals surface area contributed by atoms with Crippen LogP contribution in [0.5, 0.6) is 0 Å². The Morgan fingerprint density at radius 3 is 1.07 bits per heavy atom. The monoisotopic (exact) mass is 223 g/mol. The van der Waals surface area contributed by atoms with Gasteiger partial charge in [-0.2, -0.15) is 0 Å². The molecular formula is C8H20N2O3P+. The largest absolute Gasteiger partial charge is 0.692 e. The molecule has 0 saturated carbocycles. The maximum atomic E-state index is 8.70. The number of hydrogen-bond acceptors (Lipinski definition) is 3. The molecule has 0 atom stereocenters. The van der Waals surface area contributed by atoms with E-state index in [0.717, 1.165) is 0 Å². The van der Waals surface area contributed by atoms with Gasteiger partial charge in [0.05, 0.1) is 0 Å². The van der Waals surface area contributed by atoms with Gasteiger partial charge in [0.15, 0.2) is 0 Å². The maximum absolute atomic E-state index is 8.70. The second-order valence-corrected chi connectivity index (χ2v) is 3.67. The molecule has 0 unspecified atom stereocenters. The van der Waals surface area contributed by atoms with Crippen molar-refractivity contribution < 1.29 is 14.4 Å². The van der Waals surface area contributed by atoms with Crippen LogP contribution >= 0.6 is 8.25 Å². The van der Waals surface area contributed by atoms with Gasteiger partial charge in [-0.1, -0.05) is 0 Å². The van der Waals surface area contributed by atoms with Gasteiger partial charge in [0.1, 0.15) is 0 Å². The van der Waals surface area contributed by atoms with Crippen LogP contribution in [0.2, 0.25) is 0 Å². The van der Waals surface area contributed by atoms with Crippen molar-refractivity contribution in [2.24, 2.45) is 0 Å². The summed E-state index contributed by atoms with van der Waals surface area (Å²) in [6.07, 6.45) is 5.56. The lowest BCUT2D eigenvalue weighted by atomic mass is 10.4. The first-order valence-electron chi connectivity index (χ1n) is 5.00. The summed E-state index contributed by atoms with van der Waals surface area (Å²) in [6.45, 7) is 5.00. The average molecular weight is 223 g/mol. The highest BCUT2D eigenvalue weighted by Gasteiger charge is 1.94. The van der Waals surface area contributed by atoms with Crippen LogP contribution in [0.1, 0.15) is 25.7 Å². The smallest absolute Gasteiger partial charge is 0.317 e. The Bertz CT molecular complexity index is 109. The number of hydrogen-bond donors (Lipinski definition) is 4. The highest BCUT2D eigenvalue weighted by atomic mass is 31.1. The van der Waals surface area contributed by atoms with E-state index >= 15 is 0 Å². The minimum absolute atomic E-state index is 1.25. The predicted octanol–water partition coefficient (Wildman–Crippen LogP) is 0.368. The third kappa shape index (κ3) is 14.5. The quantitative estimate of drug-likeness (QED) is 0.446. The van der Waals surface area contributed by atoms with Crippen LogP contribution in [0.15, 0.2) is 0 Å². The molecule has 2 fully saturated rings. The van der Waals surface area contributed by atoms with Crippen LogP contribution in [-0.2, 0) is 4.57 Å². The number of rotatable bonds is 0. The molecule has 14 heavy (non-hydrogen) atoms. The summed E-state index contributed by atoms with van der Waals surface area (Å²) in [5, 5.41) is 6.44. The van der Waals surface area contributed by atoms with Crippen LogP contribution in [0.25, 0.3) is 0 Å². The van der Waals surface area contributed by atoms with Crippen LogP contribution in [0.3, 0.4) is 0 Å². The molecule has 0 radical (unpaired) electrons. The van der Waals surface area contributed by atoms with E-state index in [9.17, 15) is 0 Å². The summed E-state index contributed by atoms with van der Waals surface area (Å²) in [7, 11) is -2.87. The lowest BCUT2D eigenvalue weighted by Gasteiger charge is -1.76. The molecule has 2 aliphatic heterocycles. The van der Waals surface area contributed by atoms with Gasteiger partial charge in [-0.05, 0) is 51.9 Å². The molecule has 2 heterocycles. The molecule has 0 aliphatic carbocycles. The molecule has 84 valence electrons. The molecule has 2 rings (SSSR count). The zero-order valence-corrected chi connectivity index (χ0v) is 9.30. The van der Waals surface area contributed by atoms with Gasteiger partial charge >= 0.3 is 8.25 Å². The fraction of sp³-hybridized carbons (Fsp3) is 1.00. The molecule has 6 heteroatoms. The SMILES string of the molecule is C1CCNC1.C1CCNC1.O=[P+](O)O. The average Bonchev–Trinajstić information content (AvgIpc) is 2.83. The minimum atomic E-state index is -2.87. The first kappa shape index (κ1) is 13.9. The second-order valence-electron chi connectivity index (χ2n) is 3.17. The highest BCUT2D eigenvalue weighted by Crippen LogP contribution is 1.98. The van der Waals surface area contributed by atoms with E-state index in [1.165, 1.54) is 51.9 Å². The summed E-state index contributed by atoms with van der Waals surface area (Å²) in [5.74, 6) is 0. The molecule has 0 aromatic carbocycles. The Morgan fingerprint density at radius 1 is 0.786 bits per heavy atom. The molecule has 2 saturated heterocycles. The Labute approximate surface area is 85.9 Å². The number of nitrogens with one attached hydrogen (secondary N) is 2. The van der Waals surface area contributed by atoms with Crippen LogP contribution in [0, 0.1) is 0 Å². The zero-order valence-electron chi connectivity index (χ0n) is 8.41. The van der Waals surface area contributed by atoms with Crippen molar-refractivity contribution in [2.45, 2.75) is 25.7 Å². The van der Waals surface area contributed by atoms with Crippen molar-refractivity contribution in [3.05, 3.63) is 0 Å². The Hall–Kier alpha value is -0.0600. The summed E-state index contributed by atoms with van der Waals surface area (Å²) in [6, 6.07) is 0. The summed E-state index contributed by atoms with van der Waals surface area (Å²) in [4.78, 5) is 14.2. The van der Waals surface area contributed by atoms with Crippen molar-refractivity contribution in [3.63, 3.8) is 0 Å². The first-order chi connectivity index (χ1) is 6.73. The van der Waals surface area contributed by atoms with Crippen LogP contribution in [-0.4, -0.2) is 36.0 Å². The third-order valence-corrected chi connectivity index (χ3v) is 1.91. The molecule has 4 N–H and O–H groups in total. The second kappa shape index (κ2) is 11.0. The molecule has 0 amide bonds. The van der Waals surface area contributed by atoms with Gasteiger partial charge in [0.25, 0.3) is 0 Å². The molecular weight excluding hydrogens is 203 g/mol. The standard InChI is InChI=1S/2C4H9N.HO3P/c2*1-2-4-5-3-1;1-4(2)3/h2*5H,1-4H2;(H-,1,2,3)/p+1. The Morgan fingerprint density at radius 2 is 1.00 bits per heavy atom. The first-order valence-corrected chi connectivity index (χ1v) is 6.16. The summed E-state index contributed by atoms with van der Waals surface area (Å²) < 4.78 is 8.70. The minimum Gasteiger partial charge on any atom is -0.317 e. The van der Waals surface area contributed by atoms with Crippen molar-refractivity contribution in [1.82, 2.24) is 10.6 Å². The van der Waals surface area contributed by atoms with E-state index in [1.807, 2.05) is 0 Å². The fourth-order valence-corrected chi connectivity index (χ4v) is 1.25. The lowest BCUT2D eigenvalue weighted by Crippen LogP contribution is -2.03. The van der Waals surface area contributed by atoms with Gasteiger partial charge < -0.3 is 10.6 Å². The topological polar surface area (TPSA) is 81.6 Å². The van der Waals surface area contributed by atoms with Crippen molar-refractivity contribution in [2.75, 3.05) is 26.2 Å². The van der Waals surface area contributed by atoms with Crippen molar-refractivity contribution in [3.8, 4) is 0 Å². The molecule has 0 bridgehead atoms. The molecule has 2 aliphatic rings. The van der Waals surface area contributed by atoms with Gasteiger partial charge in [-0.15, -0.1) is 9.79 Å². The summed E-state index contributed by atoms with van der Waals surface area (Å²) >= 11 is 0. The molecule has 5 nitrogen and oxygen atoms in total. The van der Waals surface area contributed by atoms with E-state index in [-0.39, 0.29) is 0 Å². The Kier molecular flexibility index (Phi) is 11.0. The van der Waals surface area contributed by atoms with Gasteiger partial charge in [-0.25, -0.2) is 0 Å². The maximum Gasteiger partial charge on any atom is 0.692 e. The van der Waals surface area contributed by atoms with E-state index in [4.69, 9.17) is 14.4 Å². The van der Waals surface area contributed by atoms with E-state index in [0.29, 0.717) is 0 Å². The molecule has 0 aromatic heterocycles. The van der Waals surface area contributed by atoms with Crippen molar-refractivity contribution >= 4 is 8.25 Å². The fourth-order valence-electron chi connectivity index (χ4n) is 1.25. The lowest BCUT2D eigenvalue weighted by molar-refractivity contribution is 0.405. The highest BCUT2D eigenvalue weighted by molar-refractivity contribution is 7.30. The van der Waals surface area contributed by atoms with Crippen LogP contribution < -0.4 is 10.6 Å². The van der Waals surface area contributed by atoms with E-state index in [1.54, 1.807) is 0 Å². The normalized spacial score (nSPS) is 19.0. The van der Waals surface area contributed by atoms with E-state index < -0.39 is 8.25 Å². The Balaban J connectivity index is 0.000000183. The third-order valence-electron chi connectivity index (χ3n) is 1.91. The zero-order chi connectivity index (χ0) is 10.6. The van der Waals surface area contributed by atoms with Gasteiger partial charge in [-0.3, -0.25) is 0 Å². The van der Waals surface area contributed by atoms with Gasteiger partial charge in [0.2, 0.25) is 0 Å². The molecule has 0 aromatic rings. The van der Waals surface area contributed by atoms with Gasteiger partial charge in [0, 0.05) is 4.57 Å². The van der Waals surface area contributed by atoms with Crippen molar-refractivity contribution in [1.29, 1.82) is 0 Å². The summed E-state index contributed by atoms with van der Waals surface area (Å²) in [5.41, 5.74) is 0. The van der Waals surface area contributed by atoms with E-state index in [2.05, 4.69) is 10.6 Å².